The van der Waals surface area contributed by atoms with E-state index in [4.69, 9.17) is 5.90 Å². The number of nitrogens with two attached hydrogens (primary N) is 1. The van der Waals surface area contributed by atoms with E-state index in [9.17, 15) is 13.2 Å². The molecule has 0 bridgehead atoms. The summed E-state index contributed by atoms with van der Waals surface area (Å²) in [6, 6.07) is 0. The molecule has 1 aromatic heterocycles. The molecule has 0 amide bonds. The molecule has 0 saturated carbocycles. The van der Waals surface area contributed by atoms with Gasteiger partial charge in [-0.15, -0.1) is 0 Å². The summed E-state index contributed by atoms with van der Waals surface area (Å²) in [5.41, 5.74) is -0.823. The van der Waals surface area contributed by atoms with Crippen molar-refractivity contribution >= 4 is 5.95 Å². The fourth-order valence-electron chi connectivity index (χ4n) is 2.29. The van der Waals surface area contributed by atoms with Crippen molar-refractivity contribution in [2.24, 2.45) is 11.8 Å². The first kappa shape index (κ1) is 15.0. The van der Waals surface area contributed by atoms with Gasteiger partial charge in [-0.3, -0.25) is 0 Å². The van der Waals surface area contributed by atoms with E-state index >= 15 is 0 Å². The normalized spacial score (nSPS) is 17.5. The molecule has 1 saturated heterocycles. The van der Waals surface area contributed by atoms with Crippen molar-refractivity contribution in [1.82, 2.24) is 9.97 Å². The largest absolute Gasteiger partial charge is 0.419 e. The van der Waals surface area contributed by atoms with Gasteiger partial charge in [0.25, 0.3) is 0 Å². The summed E-state index contributed by atoms with van der Waals surface area (Å²) in [7, 11) is 0. The first-order valence-electron chi connectivity index (χ1n) is 6.46. The van der Waals surface area contributed by atoms with Gasteiger partial charge in [0.1, 0.15) is 0 Å². The maximum Gasteiger partial charge on any atom is 0.419 e. The average Bonchev–Trinajstić information content (AvgIpc) is 2.45. The molecule has 0 radical (unpaired) electrons. The fourth-order valence-corrected chi connectivity index (χ4v) is 2.29. The lowest BCUT2D eigenvalue weighted by Gasteiger charge is -2.31. The van der Waals surface area contributed by atoms with E-state index in [1.165, 1.54) is 0 Å². The second-order valence-corrected chi connectivity index (χ2v) is 4.86. The number of hydrogen-bond donors (Lipinski definition) is 1. The second kappa shape index (κ2) is 6.36. The van der Waals surface area contributed by atoms with Crippen LogP contribution in [0.3, 0.4) is 0 Å². The Hall–Kier alpha value is -1.41. The number of nitrogens with zero attached hydrogens (tertiary/aromatic N) is 3. The predicted octanol–water partition coefficient (Wildman–Crippen LogP) is 1.99. The van der Waals surface area contributed by atoms with Crippen LogP contribution in [-0.4, -0.2) is 29.7 Å². The van der Waals surface area contributed by atoms with Crippen LogP contribution in [0, 0.1) is 5.92 Å². The van der Waals surface area contributed by atoms with Gasteiger partial charge in [-0.1, -0.05) is 0 Å². The molecule has 1 aliphatic rings. The van der Waals surface area contributed by atoms with Crippen molar-refractivity contribution in [3.8, 4) is 0 Å². The van der Waals surface area contributed by atoms with Gasteiger partial charge >= 0.3 is 6.18 Å². The number of halogens is 3. The highest BCUT2D eigenvalue weighted by atomic mass is 19.4. The third-order valence-electron chi connectivity index (χ3n) is 3.51. The lowest BCUT2D eigenvalue weighted by atomic mass is 9.94. The van der Waals surface area contributed by atoms with Crippen LogP contribution < -0.4 is 10.8 Å². The fraction of sp³-hybridized carbons (Fsp3) is 0.667. The Labute approximate surface area is 114 Å². The van der Waals surface area contributed by atoms with E-state index in [0.29, 0.717) is 18.5 Å². The Morgan fingerprint density at radius 2 is 1.85 bits per heavy atom. The Kier molecular flexibility index (Phi) is 4.77. The number of alkyl halides is 3. The molecule has 0 atom stereocenters. The number of aromatic nitrogens is 2. The summed E-state index contributed by atoms with van der Waals surface area (Å²) in [6.07, 6.45) is 0.0425. The maximum atomic E-state index is 12.4. The van der Waals surface area contributed by atoms with Gasteiger partial charge in [-0.05, 0) is 25.2 Å². The number of piperidine rings is 1. The van der Waals surface area contributed by atoms with Crippen molar-refractivity contribution in [3.63, 3.8) is 0 Å². The van der Waals surface area contributed by atoms with E-state index < -0.39 is 11.7 Å². The number of hydrogen-bond acceptors (Lipinski definition) is 5. The summed E-state index contributed by atoms with van der Waals surface area (Å²) in [5, 5.41) is 0. The van der Waals surface area contributed by atoms with Crippen molar-refractivity contribution in [2.75, 3.05) is 24.6 Å². The van der Waals surface area contributed by atoms with Crippen LogP contribution in [0.25, 0.3) is 0 Å². The Morgan fingerprint density at radius 3 is 2.35 bits per heavy atom. The second-order valence-electron chi connectivity index (χ2n) is 4.86. The minimum atomic E-state index is -4.40. The smallest absolute Gasteiger partial charge is 0.341 e. The van der Waals surface area contributed by atoms with Gasteiger partial charge < -0.3 is 9.74 Å². The van der Waals surface area contributed by atoms with E-state index in [2.05, 4.69) is 14.8 Å². The van der Waals surface area contributed by atoms with Gasteiger partial charge in [0.2, 0.25) is 5.95 Å². The lowest BCUT2D eigenvalue weighted by molar-refractivity contribution is -0.138. The van der Waals surface area contributed by atoms with Crippen LogP contribution in [0.15, 0.2) is 12.4 Å². The standard InChI is InChI=1S/C12H17F3N4O/c13-12(14,15)10-7-17-11(18-8-10)19-4-1-9(2-5-19)3-6-20-16/h7-9H,1-6,16H2. The third-order valence-corrected chi connectivity index (χ3v) is 3.51. The SMILES string of the molecule is NOCCC1CCN(c2ncc(C(F)(F)F)cn2)CC1. The van der Waals surface area contributed by atoms with E-state index in [1.54, 1.807) is 0 Å². The van der Waals surface area contributed by atoms with Crippen LogP contribution in [0.5, 0.6) is 0 Å². The molecule has 5 nitrogen and oxygen atoms in total. The molecule has 112 valence electrons. The predicted molar refractivity (Wildman–Crippen MR) is 66.7 cm³/mol. The minimum Gasteiger partial charge on any atom is -0.341 e. The van der Waals surface area contributed by atoms with Gasteiger partial charge in [0.05, 0.1) is 12.2 Å². The summed E-state index contributed by atoms with van der Waals surface area (Å²) in [6.45, 7) is 2.00. The molecule has 8 heteroatoms. The summed E-state index contributed by atoms with van der Waals surface area (Å²) in [4.78, 5) is 14.1. The van der Waals surface area contributed by atoms with Crippen molar-refractivity contribution in [2.45, 2.75) is 25.4 Å². The molecule has 0 aromatic carbocycles. The molecular formula is C12H17F3N4O. The minimum absolute atomic E-state index is 0.353. The van der Waals surface area contributed by atoms with Crippen LogP contribution in [0.2, 0.25) is 0 Å². The highest BCUT2D eigenvalue weighted by Crippen LogP contribution is 2.29. The molecule has 1 aromatic rings. The zero-order valence-electron chi connectivity index (χ0n) is 10.9. The summed E-state index contributed by atoms with van der Waals surface area (Å²) in [5.74, 6) is 5.88. The number of anilines is 1. The summed E-state index contributed by atoms with van der Waals surface area (Å²) >= 11 is 0. The molecule has 0 unspecified atom stereocenters. The molecule has 1 fully saturated rings. The van der Waals surface area contributed by atoms with Gasteiger partial charge in [-0.2, -0.15) is 13.2 Å². The lowest BCUT2D eigenvalue weighted by Crippen LogP contribution is -2.35. The van der Waals surface area contributed by atoms with E-state index in [-0.39, 0.29) is 0 Å². The highest BCUT2D eigenvalue weighted by molar-refractivity contribution is 5.31. The molecule has 2 N–H and O–H groups in total. The Morgan fingerprint density at radius 1 is 1.25 bits per heavy atom. The van der Waals surface area contributed by atoms with Crippen LogP contribution in [-0.2, 0) is 11.0 Å². The molecule has 0 aliphatic carbocycles. The van der Waals surface area contributed by atoms with Gasteiger partial charge in [0.15, 0.2) is 0 Å². The van der Waals surface area contributed by atoms with Crippen molar-refractivity contribution < 1.29 is 18.0 Å². The first-order valence-corrected chi connectivity index (χ1v) is 6.46. The summed E-state index contributed by atoms with van der Waals surface area (Å²) < 4.78 is 37.2. The highest BCUT2D eigenvalue weighted by Gasteiger charge is 2.31. The molecule has 20 heavy (non-hydrogen) atoms. The third kappa shape index (κ3) is 3.80. The van der Waals surface area contributed by atoms with Gasteiger partial charge in [0, 0.05) is 25.5 Å². The monoisotopic (exact) mass is 290 g/mol. The molecule has 2 heterocycles. The maximum absolute atomic E-state index is 12.4. The quantitative estimate of drug-likeness (QED) is 0.859. The molecule has 1 aliphatic heterocycles. The van der Waals surface area contributed by atoms with Crippen LogP contribution >= 0.6 is 0 Å². The number of rotatable bonds is 4. The van der Waals surface area contributed by atoms with Crippen molar-refractivity contribution in [3.05, 3.63) is 18.0 Å². The Bertz CT molecular complexity index is 416. The zero-order valence-corrected chi connectivity index (χ0v) is 10.9. The van der Waals surface area contributed by atoms with Crippen LogP contribution in [0.4, 0.5) is 19.1 Å². The molecular weight excluding hydrogens is 273 g/mol. The average molecular weight is 290 g/mol. The molecule has 0 spiro atoms. The van der Waals surface area contributed by atoms with Gasteiger partial charge in [-0.25, -0.2) is 15.9 Å². The van der Waals surface area contributed by atoms with Crippen LogP contribution in [0.1, 0.15) is 24.8 Å². The topological polar surface area (TPSA) is 64.3 Å². The molecule has 2 rings (SSSR count). The van der Waals surface area contributed by atoms with E-state index in [0.717, 1.165) is 44.7 Å². The van der Waals surface area contributed by atoms with Crippen molar-refractivity contribution in [1.29, 1.82) is 0 Å². The van der Waals surface area contributed by atoms with E-state index in [1.807, 2.05) is 4.90 Å². The zero-order chi connectivity index (χ0) is 14.6. The Balaban J connectivity index is 1.90. The first-order chi connectivity index (χ1) is 9.50.